The molecule has 106 valence electrons. The Bertz CT molecular complexity index is 414. The summed E-state index contributed by atoms with van der Waals surface area (Å²) in [7, 11) is 5.13. The van der Waals surface area contributed by atoms with Crippen molar-refractivity contribution in [3.8, 4) is 11.5 Å². The molecule has 1 saturated heterocycles. The third-order valence-corrected chi connectivity index (χ3v) is 3.71. The summed E-state index contributed by atoms with van der Waals surface area (Å²) in [5, 5.41) is 3.45. The van der Waals surface area contributed by atoms with E-state index in [0.29, 0.717) is 12.5 Å². The summed E-state index contributed by atoms with van der Waals surface area (Å²) >= 11 is 0. The first-order valence-electron chi connectivity index (χ1n) is 6.75. The molecule has 0 amide bonds. The van der Waals surface area contributed by atoms with Gasteiger partial charge in [0.15, 0.2) is 0 Å². The Morgan fingerprint density at radius 2 is 1.89 bits per heavy atom. The van der Waals surface area contributed by atoms with Gasteiger partial charge in [-0.3, -0.25) is 0 Å². The maximum atomic E-state index is 5.55. The Morgan fingerprint density at radius 3 is 2.47 bits per heavy atom. The molecule has 1 atom stereocenters. The number of nitrogens with one attached hydrogen (secondary N) is 1. The van der Waals surface area contributed by atoms with E-state index in [1.165, 1.54) is 18.4 Å². The molecule has 0 aromatic heterocycles. The van der Waals surface area contributed by atoms with Gasteiger partial charge in [0.25, 0.3) is 0 Å². The van der Waals surface area contributed by atoms with Crippen LogP contribution >= 0.6 is 0 Å². The lowest BCUT2D eigenvalue weighted by Crippen LogP contribution is -2.29. The summed E-state index contributed by atoms with van der Waals surface area (Å²) < 4.78 is 16.4. The molecule has 1 unspecified atom stereocenters. The lowest BCUT2D eigenvalue weighted by molar-refractivity contribution is 0.179. The van der Waals surface area contributed by atoms with Gasteiger partial charge in [-0.05, 0) is 31.5 Å². The Morgan fingerprint density at radius 1 is 1.16 bits per heavy atom. The van der Waals surface area contributed by atoms with Crippen molar-refractivity contribution in [3.63, 3.8) is 0 Å². The fourth-order valence-corrected chi connectivity index (χ4v) is 2.83. The predicted molar refractivity (Wildman–Crippen MR) is 75.1 cm³/mol. The van der Waals surface area contributed by atoms with Crippen LogP contribution in [0.5, 0.6) is 11.5 Å². The molecule has 0 aliphatic carbocycles. The van der Waals surface area contributed by atoms with Crippen molar-refractivity contribution in [3.05, 3.63) is 23.3 Å². The van der Waals surface area contributed by atoms with Crippen molar-refractivity contribution in [2.24, 2.45) is 0 Å². The van der Waals surface area contributed by atoms with Gasteiger partial charge in [-0.2, -0.15) is 0 Å². The fraction of sp³-hybridized carbons (Fsp3) is 0.600. The summed E-state index contributed by atoms with van der Waals surface area (Å²) in [5.41, 5.74) is 2.34. The maximum Gasteiger partial charge on any atom is 0.124 e. The van der Waals surface area contributed by atoms with Crippen molar-refractivity contribution in [1.29, 1.82) is 0 Å². The topological polar surface area (TPSA) is 39.7 Å². The average Bonchev–Trinajstić information content (AvgIpc) is 2.48. The quantitative estimate of drug-likeness (QED) is 0.887. The van der Waals surface area contributed by atoms with Crippen molar-refractivity contribution in [2.45, 2.75) is 25.4 Å². The van der Waals surface area contributed by atoms with Gasteiger partial charge in [0.2, 0.25) is 0 Å². The van der Waals surface area contributed by atoms with Crippen LogP contribution in [0.1, 0.15) is 29.9 Å². The van der Waals surface area contributed by atoms with Crippen LogP contribution in [0.15, 0.2) is 12.1 Å². The van der Waals surface area contributed by atoms with E-state index >= 15 is 0 Å². The lowest BCUT2D eigenvalue weighted by Gasteiger charge is -2.27. The molecule has 4 nitrogen and oxygen atoms in total. The van der Waals surface area contributed by atoms with Gasteiger partial charge in [0.05, 0.1) is 20.8 Å². The highest BCUT2D eigenvalue weighted by molar-refractivity contribution is 5.50. The molecule has 0 spiro atoms. The molecule has 0 bridgehead atoms. The van der Waals surface area contributed by atoms with E-state index in [9.17, 15) is 0 Å². The van der Waals surface area contributed by atoms with E-state index in [0.717, 1.165) is 30.2 Å². The summed E-state index contributed by atoms with van der Waals surface area (Å²) in [6, 6.07) is 3.94. The summed E-state index contributed by atoms with van der Waals surface area (Å²) in [5.74, 6) is 2.27. The Balaban J connectivity index is 2.45. The SMILES string of the molecule is COCc1c(OC)ccc(OC)c1C1CCCNC1. The minimum absolute atomic E-state index is 0.462. The second kappa shape index (κ2) is 6.78. The zero-order valence-electron chi connectivity index (χ0n) is 12.0. The van der Waals surface area contributed by atoms with Crippen LogP contribution in [0.25, 0.3) is 0 Å². The monoisotopic (exact) mass is 265 g/mol. The van der Waals surface area contributed by atoms with E-state index in [1.54, 1.807) is 21.3 Å². The summed E-state index contributed by atoms with van der Waals surface area (Å²) in [6.45, 7) is 2.63. The van der Waals surface area contributed by atoms with Crippen molar-refractivity contribution >= 4 is 0 Å². The highest BCUT2D eigenvalue weighted by atomic mass is 16.5. The smallest absolute Gasteiger partial charge is 0.124 e. The molecule has 1 aliphatic heterocycles. The number of hydrogen-bond acceptors (Lipinski definition) is 4. The first-order valence-corrected chi connectivity index (χ1v) is 6.75. The first-order chi connectivity index (χ1) is 9.31. The van der Waals surface area contributed by atoms with Crippen LogP contribution in [0, 0.1) is 0 Å². The Labute approximate surface area is 115 Å². The molecular weight excluding hydrogens is 242 g/mol. The number of benzene rings is 1. The highest BCUT2D eigenvalue weighted by Crippen LogP contribution is 2.38. The van der Waals surface area contributed by atoms with Crippen LogP contribution in [0.4, 0.5) is 0 Å². The standard InChI is InChI=1S/C15H23NO3/c1-17-10-12-13(18-2)6-7-14(19-3)15(12)11-5-4-8-16-9-11/h6-7,11,16H,4-5,8-10H2,1-3H3. The molecule has 0 radical (unpaired) electrons. The van der Waals surface area contributed by atoms with Crippen LogP contribution in [-0.4, -0.2) is 34.4 Å². The van der Waals surface area contributed by atoms with Crippen LogP contribution < -0.4 is 14.8 Å². The number of piperidine rings is 1. The minimum atomic E-state index is 0.462. The second-order valence-electron chi connectivity index (χ2n) is 4.84. The van der Waals surface area contributed by atoms with Gasteiger partial charge in [0, 0.05) is 30.7 Å². The average molecular weight is 265 g/mol. The normalized spacial score (nSPS) is 19.2. The molecule has 1 heterocycles. The van der Waals surface area contributed by atoms with E-state index in [4.69, 9.17) is 14.2 Å². The zero-order valence-corrected chi connectivity index (χ0v) is 12.0. The highest BCUT2D eigenvalue weighted by Gasteiger charge is 2.24. The Kier molecular flexibility index (Phi) is 5.05. The lowest BCUT2D eigenvalue weighted by atomic mass is 9.87. The molecule has 1 aromatic carbocycles. The fourth-order valence-electron chi connectivity index (χ4n) is 2.83. The van der Waals surface area contributed by atoms with E-state index in [2.05, 4.69) is 5.32 Å². The van der Waals surface area contributed by atoms with E-state index in [-0.39, 0.29) is 0 Å². The zero-order chi connectivity index (χ0) is 13.7. The number of methoxy groups -OCH3 is 3. The molecule has 1 fully saturated rings. The van der Waals surface area contributed by atoms with Crippen molar-refractivity contribution in [2.75, 3.05) is 34.4 Å². The van der Waals surface area contributed by atoms with Crippen LogP contribution in [-0.2, 0) is 11.3 Å². The number of hydrogen-bond donors (Lipinski definition) is 1. The number of ether oxygens (including phenoxy) is 3. The third kappa shape index (κ3) is 3.01. The van der Waals surface area contributed by atoms with Gasteiger partial charge in [-0.1, -0.05) is 0 Å². The van der Waals surface area contributed by atoms with Gasteiger partial charge in [-0.25, -0.2) is 0 Å². The van der Waals surface area contributed by atoms with Gasteiger partial charge in [0.1, 0.15) is 11.5 Å². The maximum absolute atomic E-state index is 5.55. The first kappa shape index (κ1) is 14.2. The van der Waals surface area contributed by atoms with Crippen LogP contribution in [0.3, 0.4) is 0 Å². The number of rotatable bonds is 5. The molecule has 0 saturated carbocycles. The van der Waals surface area contributed by atoms with Gasteiger partial charge < -0.3 is 19.5 Å². The summed E-state index contributed by atoms with van der Waals surface area (Å²) in [4.78, 5) is 0. The predicted octanol–water partition coefficient (Wildman–Crippen LogP) is 2.32. The molecule has 1 N–H and O–H groups in total. The largest absolute Gasteiger partial charge is 0.496 e. The van der Waals surface area contributed by atoms with E-state index in [1.807, 2.05) is 12.1 Å². The molecule has 19 heavy (non-hydrogen) atoms. The van der Waals surface area contributed by atoms with Crippen molar-refractivity contribution < 1.29 is 14.2 Å². The van der Waals surface area contributed by atoms with Crippen molar-refractivity contribution in [1.82, 2.24) is 5.32 Å². The van der Waals surface area contributed by atoms with E-state index < -0.39 is 0 Å². The summed E-state index contributed by atoms with van der Waals surface area (Å²) in [6.07, 6.45) is 2.37. The molecule has 1 aliphatic rings. The van der Waals surface area contributed by atoms with Crippen LogP contribution in [0.2, 0.25) is 0 Å². The molecular formula is C15H23NO3. The second-order valence-corrected chi connectivity index (χ2v) is 4.84. The molecule has 2 rings (SSSR count). The molecule has 1 aromatic rings. The molecule has 4 heteroatoms. The minimum Gasteiger partial charge on any atom is -0.496 e. The third-order valence-electron chi connectivity index (χ3n) is 3.71. The van der Waals surface area contributed by atoms with Gasteiger partial charge >= 0.3 is 0 Å². The Hall–Kier alpha value is -1.26. The van der Waals surface area contributed by atoms with Gasteiger partial charge in [-0.15, -0.1) is 0 Å².